The number of rotatable bonds is 3. The van der Waals surface area contributed by atoms with Crippen LogP contribution in [0.2, 0.25) is 0 Å². The van der Waals surface area contributed by atoms with Gasteiger partial charge in [0.2, 0.25) is 5.91 Å². The van der Waals surface area contributed by atoms with E-state index in [1.165, 1.54) is 25.3 Å². The molecule has 104 valence electrons. The zero-order valence-electron chi connectivity index (χ0n) is 11.0. The van der Waals surface area contributed by atoms with Crippen LogP contribution >= 0.6 is 0 Å². The van der Waals surface area contributed by atoms with E-state index < -0.39 is 5.97 Å². The second-order valence-corrected chi connectivity index (χ2v) is 3.99. The number of ether oxygens (including phenoxy) is 1. The summed E-state index contributed by atoms with van der Waals surface area (Å²) < 4.78 is 4.82. The van der Waals surface area contributed by atoms with Crippen molar-refractivity contribution in [2.45, 2.75) is 13.8 Å². The molecule has 0 atom stereocenters. The predicted molar refractivity (Wildman–Crippen MR) is 71.5 cm³/mol. The van der Waals surface area contributed by atoms with Crippen LogP contribution in [0.5, 0.6) is 5.75 Å². The van der Waals surface area contributed by atoms with Gasteiger partial charge >= 0.3 is 5.97 Å². The van der Waals surface area contributed by atoms with E-state index in [2.05, 4.69) is 15.3 Å². The summed E-state index contributed by atoms with van der Waals surface area (Å²) in [5.74, 6) is -0.828. The summed E-state index contributed by atoms with van der Waals surface area (Å²) in [6.07, 6.45) is 1.19. The molecule has 0 saturated carbocycles. The van der Waals surface area contributed by atoms with E-state index in [0.29, 0.717) is 11.2 Å². The Bertz CT molecular complexity index is 685. The van der Waals surface area contributed by atoms with Crippen molar-refractivity contribution >= 4 is 28.7 Å². The van der Waals surface area contributed by atoms with Crippen molar-refractivity contribution in [3.05, 3.63) is 23.9 Å². The Balaban J connectivity index is 2.47. The van der Waals surface area contributed by atoms with E-state index in [-0.39, 0.29) is 29.5 Å². The highest BCUT2D eigenvalue weighted by atomic mass is 16.5. The molecular formula is C13H13N3O4. The number of anilines is 1. The number of aromatic hydroxyl groups is 1. The predicted octanol–water partition coefficient (Wildman–Crippen LogP) is 1.47. The lowest BCUT2D eigenvalue weighted by Crippen LogP contribution is -2.08. The SMILES string of the molecule is CCOC(=O)c1cnc2nc(NC(C)=O)ccc2c1O. The molecule has 0 fully saturated rings. The molecule has 2 heterocycles. The van der Waals surface area contributed by atoms with Gasteiger partial charge in [0.1, 0.15) is 17.1 Å². The fourth-order valence-electron chi connectivity index (χ4n) is 1.67. The van der Waals surface area contributed by atoms with Crippen molar-refractivity contribution in [1.82, 2.24) is 9.97 Å². The van der Waals surface area contributed by atoms with Crippen molar-refractivity contribution in [3.8, 4) is 5.75 Å². The molecule has 0 saturated heterocycles. The quantitative estimate of drug-likeness (QED) is 0.822. The number of nitrogens with one attached hydrogen (secondary N) is 1. The molecule has 0 radical (unpaired) electrons. The van der Waals surface area contributed by atoms with Gasteiger partial charge in [0, 0.05) is 13.1 Å². The normalized spacial score (nSPS) is 10.3. The molecule has 0 aliphatic heterocycles. The van der Waals surface area contributed by atoms with Gasteiger partial charge in [-0.3, -0.25) is 4.79 Å². The van der Waals surface area contributed by atoms with Crippen LogP contribution in [0.1, 0.15) is 24.2 Å². The van der Waals surface area contributed by atoms with Gasteiger partial charge in [-0.05, 0) is 19.1 Å². The van der Waals surface area contributed by atoms with Crippen LogP contribution in [0, 0.1) is 0 Å². The maximum Gasteiger partial charge on any atom is 0.343 e. The van der Waals surface area contributed by atoms with E-state index in [9.17, 15) is 14.7 Å². The first-order valence-electron chi connectivity index (χ1n) is 5.96. The third-order valence-electron chi connectivity index (χ3n) is 2.50. The molecule has 2 aromatic heterocycles. The number of carbonyl (C=O) groups excluding carboxylic acids is 2. The summed E-state index contributed by atoms with van der Waals surface area (Å²) in [7, 11) is 0. The van der Waals surface area contributed by atoms with Crippen molar-refractivity contribution in [1.29, 1.82) is 0 Å². The van der Waals surface area contributed by atoms with Crippen molar-refractivity contribution < 1.29 is 19.4 Å². The number of aromatic nitrogens is 2. The summed E-state index contributed by atoms with van der Waals surface area (Å²) in [4.78, 5) is 30.6. The molecule has 1 amide bonds. The van der Waals surface area contributed by atoms with Crippen LogP contribution in [0.25, 0.3) is 11.0 Å². The Kier molecular flexibility index (Phi) is 3.79. The first-order chi connectivity index (χ1) is 9.52. The number of fused-ring (bicyclic) bond motifs is 1. The van der Waals surface area contributed by atoms with Gasteiger partial charge in [0.05, 0.1) is 12.0 Å². The second-order valence-electron chi connectivity index (χ2n) is 3.99. The average Bonchev–Trinajstić information content (AvgIpc) is 2.38. The van der Waals surface area contributed by atoms with Crippen LogP contribution in [0.4, 0.5) is 5.82 Å². The van der Waals surface area contributed by atoms with Gasteiger partial charge in [0.15, 0.2) is 5.65 Å². The number of nitrogens with zero attached hydrogens (tertiary/aromatic N) is 2. The summed E-state index contributed by atoms with van der Waals surface area (Å²) >= 11 is 0. The van der Waals surface area contributed by atoms with Crippen molar-refractivity contribution in [3.63, 3.8) is 0 Å². The number of carbonyl (C=O) groups is 2. The van der Waals surface area contributed by atoms with Gasteiger partial charge in [-0.2, -0.15) is 0 Å². The Morgan fingerprint density at radius 2 is 2.15 bits per heavy atom. The monoisotopic (exact) mass is 275 g/mol. The first-order valence-corrected chi connectivity index (χ1v) is 5.96. The lowest BCUT2D eigenvalue weighted by atomic mass is 10.2. The minimum absolute atomic E-state index is 0.0200. The number of amides is 1. The summed E-state index contributed by atoms with van der Waals surface area (Å²) in [5.41, 5.74) is 0.204. The van der Waals surface area contributed by atoms with Crippen LogP contribution in [0.3, 0.4) is 0 Å². The Morgan fingerprint density at radius 3 is 2.80 bits per heavy atom. The van der Waals surface area contributed by atoms with Crippen LogP contribution < -0.4 is 5.32 Å². The molecule has 0 aliphatic rings. The molecule has 2 rings (SSSR count). The highest BCUT2D eigenvalue weighted by Crippen LogP contribution is 2.27. The van der Waals surface area contributed by atoms with Crippen molar-refractivity contribution in [2.75, 3.05) is 11.9 Å². The minimum atomic E-state index is -0.648. The standard InChI is InChI=1S/C13H13N3O4/c1-3-20-13(19)9-6-14-12-8(11(9)18)4-5-10(16-12)15-7(2)17/h4-6H,3H2,1-2H3,(H2,14,15,16,17,18). The third-order valence-corrected chi connectivity index (χ3v) is 2.50. The molecule has 7 nitrogen and oxygen atoms in total. The van der Waals surface area contributed by atoms with E-state index in [0.717, 1.165) is 0 Å². The Morgan fingerprint density at radius 1 is 1.40 bits per heavy atom. The van der Waals surface area contributed by atoms with Gasteiger partial charge in [0.25, 0.3) is 0 Å². The van der Waals surface area contributed by atoms with Crippen LogP contribution in [0.15, 0.2) is 18.3 Å². The van der Waals surface area contributed by atoms with Gasteiger partial charge < -0.3 is 15.2 Å². The lowest BCUT2D eigenvalue weighted by Gasteiger charge is -2.07. The molecular weight excluding hydrogens is 262 g/mol. The molecule has 2 aromatic rings. The molecule has 2 N–H and O–H groups in total. The molecule has 7 heteroatoms. The summed E-state index contributed by atoms with van der Waals surface area (Å²) in [6, 6.07) is 3.04. The van der Waals surface area contributed by atoms with Crippen LogP contribution in [-0.4, -0.2) is 33.6 Å². The third kappa shape index (κ3) is 2.66. The van der Waals surface area contributed by atoms with E-state index in [1.54, 1.807) is 6.92 Å². The van der Waals surface area contributed by atoms with Crippen LogP contribution in [-0.2, 0) is 9.53 Å². The number of pyridine rings is 2. The topological polar surface area (TPSA) is 101 Å². The lowest BCUT2D eigenvalue weighted by molar-refractivity contribution is -0.114. The molecule has 0 unspecified atom stereocenters. The van der Waals surface area contributed by atoms with E-state index in [1.807, 2.05) is 0 Å². The van der Waals surface area contributed by atoms with Gasteiger partial charge in [-0.15, -0.1) is 0 Å². The largest absolute Gasteiger partial charge is 0.506 e. The zero-order valence-corrected chi connectivity index (χ0v) is 11.0. The first kappa shape index (κ1) is 13.7. The molecule has 20 heavy (non-hydrogen) atoms. The fourth-order valence-corrected chi connectivity index (χ4v) is 1.67. The smallest absolute Gasteiger partial charge is 0.343 e. The second kappa shape index (κ2) is 5.52. The minimum Gasteiger partial charge on any atom is -0.506 e. The summed E-state index contributed by atoms with van der Waals surface area (Å²) in [5, 5.41) is 12.9. The molecule has 0 spiro atoms. The maximum absolute atomic E-state index is 11.6. The Hall–Kier alpha value is -2.70. The maximum atomic E-state index is 11.6. The Labute approximate surface area is 114 Å². The van der Waals surface area contributed by atoms with E-state index >= 15 is 0 Å². The fraction of sp³-hybridized carbons (Fsp3) is 0.231. The number of esters is 1. The highest BCUT2D eigenvalue weighted by Gasteiger charge is 2.16. The highest BCUT2D eigenvalue weighted by molar-refractivity contribution is 5.99. The van der Waals surface area contributed by atoms with Gasteiger partial charge in [-0.1, -0.05) is 0 Å². The number of hydrogen-bond acceptors (Lipinski definition) is 6. The average molecular weight is 275 g/mol. The van der Waals surface area contributed by atoms with Gasteiger partial charge in [-0.25, -0.2) is 14.8 Å². The van der Waals surface area contributed by atoms with Crippen molar-refractivity contribution in [2.24, 2.45) is 0 Å². The zero-order chi connectivity index (χ0) is 14.7. The molecule has 0 aliphatic carbocycles. The number of hydrogen-bond donors (Lipinski definition) is 2. The molecule has 0 aromatic carbocycles. The summed E-state index contributed by atoms with van der Waals surface area (Å²) in [6.45, 7) is 3.24. The van der Waals surface area contributed by atoms with E-state index in [4.69, 9.17) is 4.74 Å². The molecule has 0 bridgehead atoms.